The number of nitrogens with two attached hydrogens (primary N) is 1. The van der Waals surface area contributed by atoms with Gasteiger partial charge in [0, 0.05) is 19.7 Å². The fourth-order valence-electron chi connectivity index (χ4n) is 2.31. The summed E-state index contributed by atoms with van der Waals surface area (Å²) >= 11 is 0. The summed E-state index contributed by atoms with van der Waals surface area (Å²) in [6.45, 7) is 4.15. The van der Waals surface area contributed by atoms with Crippen LogP contribution >= 0.6 is 0 Å². The molecule has 1 amide bonds. The van der Waals surface area contributed by atoms with Crippen LogP contribution in [0.1, 0.15) is 13.3 Å². The summed E-state index contributed by atoms with van der Waals surface area (Å²) in [6, 6.07) is -0.0121. The third-order valence-electron chi connectivity index (χ3n) is 3.78. The molecule has 2 aliphatic rings. The van der Waals surface area contributed by atoms with E-state index < -0.39 is 5.41 Å². The van der Waals surface area contributed by atoms with Crippen LogP contribution < -0.4 is 5.73 Å². The number of rotatable bonds is 2. The van der Waals surface area contributed by atoms with E-state index in [1.807, 2.05) is 14.0 Å². The van der Waals surface area contributed by atoms with Crippen LogP contribution in [-0.4, -0.2) is 56.4 Å². The highest BCUT2D eigenvalue weighted by molar-refractivity contribution is 5.83. The number of nitrogens with zero attached hydrogens (tertiary/aromatic N) is 1. The smallest absolute Gasteiger partial charge is 0.232 e. The molecular formula is C11H20N2O3. The summed E-state index contributed by atoms with van der Waals surface area (Å²) in [5, 5.41) is 0. The summed E-state index contributed by atoms with van der Waals surface area (Å²) in [7, 11) is 1.83. The predicted molar refractivity (Wildman–Crippen MR) is 58.9 cm³/mol. The van der Waals surface area contributed by atoms with Crippen molar-refractivity contribution in [2.45, 2.75) is 25.4 Å². The molecule has 0 bridgehead atoms. The van der Waals surface area contributed by atoms with Crippen molar-refractivity contribution in [2.75, 3.05) is 33.5 Å². The highest BCUT2D eigenvalue weighted by atomic mass is 16.5. The van der Waals surface area contributed by atoms with E-state index in [2.05, 4.69) is 0 Å². The van der Waals surface area contributed by atoms with Crippen molar-refractivity contribution < 1.29 is 14.3 Å². The second kappa shape index (κ2) is 4.31. The van der Waals surface area contributed by atoms with Crippen molar-refractivity contribution in [1.29, 1.82) is 0 Å². The highest BCUT2D eigenvalue weighted by Gasteiger charge is 2.47. The molecule has 0 aliphatic carbocycles. The van der Waals surface area contributed by atoms with Gasteiger partial charge in [0.2, 0.25) is 5.91 Å². The van der Waals surface area contributed by atoms with Gasteiger partial charge >= 0.3 is 0 Å². The molecule has 5 heteroatoms. The number of hydrogen-bond donors (Lipinski definition) is 1. The van der Waals surface area contributed by atoms with Crippen molar-refractivity contribution in [3.63, 3.8) is 0 Å². The molecule has 2 saturated heterocycles. The van der Waals surface area contributed by atoms with Crippen LogP contribution in [0.3, 0.4) is 0 Å². The normalized spacial score (nSPS) is 38.9. The first-order chi connectivity index (χ1) is 7.55. The predicted octanol–water partition coefficient (Wildman–Crippen LogP) is -0.402. The Morgan fingerprint density at radius 3 is 2.69 bits per heavy atom. The maximum absolute atomic E-state index is 12.4. The molecule has 2 rings (SSSR count). The van der Waals surface area contributed by atoms with Gasteiger partial charge in [0.15, 0.2) is 0 Å². The van der Waals surface area contributed by atoms with Crippen LogP contribution in [0.2, 0.25) is 0 Å². The van der Waals surface area contributed by atoms with Gasteiger partial charge in [-0.1, -0.05) is 0 Å². The van der Waals surface area contributed by atoms with Gasteiger partial charge in [-0.05, 0) is 13.3 Å². The van der Waals surface area contributed by atoms with Crippen LogP contribution in [0.25, 0.3) is 0 Å². The Hall–Kier alpha value is -0.650. The van der Waals surface area contributed by atoms with E-state index in [-0.39, 0.29) is 18.0 Å². The molecule has 3 atom stereocenters. The minimum Gasteiger partial charge on any atom is -0.379 e. The van der Waals surface area contributed by atoms with E-state index in [1.165, 1.54) is 0 Å². The Morgan fingerprint density at radius 1 is 1.44 bits per heavy atom. The van der Waals surface area contributed by atoms with E-state index in [0.717, 1.165) is 13.0 Å². The number of amides is 1. The van der Waals surface area contributed by atoms with E-state index in [4.69, 9.17) is 15.2 Å². The van der Waals surface area contributed by atoms with Gasteiger partial charge < -0.3 is 20.1 Å². The summed E-state index contributed by atoms with van der Waals surface area (Å²) in [5.74, 6) is 0.0769. The zero-order valence-electron chi connectivity index (χ0n) is 9.94. The molecule has 0 spiro atoms. The first-order valence-corrected chi connectivity index (χ1v) is 5.74. The van der Waals surface area contributed by atoms with Gasteiger partial charge in [0.1, 0.15) is 0 Å². The minimum absolute atomic E-state index is 0.0769. The maximum atomic E-state index is 12.4. The molecule has 2 N–H and O–H groups in total. The van der Waals surface area contributed by atoms with Crippen LogP contribution in [0.4, 0.5) is 0 Å². The molecule has 3 unspecified atom stereocenters. The maximum Gasteiger partial charge on any atom is 0.232 e. The Bertz CT molecular complexity index is 278. The fraction of sp³-hybridized carbons (Fsp3) is 0.909. The Morgan fingerprint density at radius 2 is 2.19 bits per heavy atom. The van der Waals surface area contributed by atoms with Crippen molar-refractivity contribution in [3.05, 3.63) is 0 Å². The standard InChI is InChI=1S/C11H20N2O3/c1-11(7-16-6-9(11)12)10(14)13(2)8-3-4-15-5-8/h8-9H,3-7,12H2,1-2H3. The average Bonchev–Trinajstić information content (AvgIpc) is 2.88. The van der Waals surface area contributed by atoms with Crippen molar-refractivity contribution in [2.24, 2.45) is 11.1 Å². The van der Waals surface area contributed by atoms with Crippen LogP contribution in [-0.2, 0) is 14.3 Å². The van der Waals surface area contributed by atoms with Crippen molar-refractivity contribution in [1.82, 2.24) is 4.90 Å². The van der Waals surface area contributed by atoms with Gasteiger partial charge in [-0.25, -0.2) is 0 Å². The first-order valence-electron chi connectivity index (χ1n) is 5.74. The average molecular weight is 228 g/mol. The summed E-state index contributed by atoms with van der Waals surface area (Å²) < 4.78 is 10.6. The molecule has 0 aromatic heterocycles. The Labute approximate surface area is 95.9 Å². The lowest BCUT2D eigenvalue weighted by atomic mass is 9.84. The molecule has 92 valence electrons. The topological polar surface area (TPSA) is 64.8 Å². The lowest BCUT2D eigenvalue weighted by molar-refractivity contribution is -0.142. The summed E-state index contributed by atoms with van der Waals surface area (Å²) in [5.41, 5.74) is 5.37. The quantitative estimate of drug-likeness (QED) is 0.698. The number of carbonyl (C=O) groups is 1. The molecule has 0 saturated carbocycles. The zero-order chi connectivity index (χ0) is 11.8. The third-order valence-corrected chi connectivity index (χ3v) is 3.78. The van der Waals surface area contributed by atoms with E-state index in [0.29, 0.717) is 19.8 Å². The van der Waals surface area contributed by atoms with Gasteiger partial charge in [-0.3, -0.25) is 4.79 Å². The minimum atomic E-state index is -0.572. The number of likely N-dealkylation sites (N-methyl/N-ethyl adjacent to an activating group) is 1. The summed E-state index contributed by atoms with van der Waals surface area (Å²) in [4.78, 5) is 14.2. The number of ether oxygens (including phenoxy) is 2. The van der Waals surface area contributed by atoms with E-state index >= 15 is 0 Å². The van der Waals surface area contributed by atoms with Crippen molar-refractivity contribution in [3.8, 4) is 0 Å². The van der Waals surface area contributed by atoms with Gasteiger partial charge in [-0.15, -0.1) is 0 Å². The molecular weight excluding hydrogens is 208 g/mol. The van der Waals surface area contributed by atoms with Crippen molar-refractivity contribution >= 4 is 5.91 Å². The van der Waals surface area contributed by atoms with Gasteiger partial charge in [0.25, 0.3) is 0 Å². The van der Waals surface area contributed by atoms with Crippen LogP contribution in [0, 0.1) is 5.41 Å². The van der Waals surface area contributed by atoms with Gasteiger partial charge in [-0.2, -0.15) is 0 Å². The zero-order valence-corrected chi connectivity index (χ0v) is 9.94. The second-order valence-corrected chi connectivity index (χ2v) is 4.97. The number of hydrogen-bond acceptors (Lipinski definition) is 4. The molecule has 2 fully saturated rings. The third kappa shape index (κ3) is 1.83. The number of carbonyl (C=O) groups excluding carboxylic acids is 1. The summed E-state index contributed by atoms with van der Waals surface area (Å²) in [6.07, 6.45) is 0.911. The monoisotopic (exact) mass is 228 g/mol. The molecule has 0 aromatic rings. The van der Waals surface area contributed by atoms with Gasteiger partial charge in [0.05, 0.1) is 31.3 Å². The molecule has 0 aromatic carbocycles. The fourth-order valence-corrected chi connectivity index (χ4v) is 2.31. The van der Waals surface area contributed by atoms with E-state index in [9.17, 15) is 4.79 Å². The Kier molecular flexibility index (Phi) is 3.19. The molecule has 0 radical (unpaired) electrons. The molecule has 16 heavy (non-hydrogen) atoms. The highest BCUT2D eigenvalue weighted by Crippen LogP contribution is 2.30. The second-order valence-electron chi connectivity index (χ2n) is 4.97. The van der Waals surface area contributed by atoms with Crippen LogP contribution in [0.15, 0.2) is 0 Å². The van der Waals surface area contributed by atoms with Crippen LogP contribution in [0.5, 0.6) is 0 Å². The molecule has 2 aliphatic heterocycles. The first kappa shape index (κ1) is 11.8. The lowest BCUT2D eigenvalue weighted by Gasteiger charge is -2.33. The Balaban J connectivity index is 2.05. The molecule has 5 nitrogen and oxygen atoms in total. The van der Waals surface area contributed by atoms with E-state index in [1.54, 1.807) is 4.90 Å². The lowest BCUT2D eigenvalue weighted by Crippen LogP contribution is -2.53. The largest absolute Gasteiger partial charge is 0.379 e. The molecule has 2 heterocycles. The SMILES string of the molecule is CN(C(=O)C1(C)COCC1N)C1CCOC1.